The van der Waals surface area contributed by atoms with E-state index in [-0.39, 0.29) is 0 Å². The molecule has 1 aromatic heterocycles. The number of rotatable bonds is 7. The SMILES string of the molecule is CCN(CC)Cc1ccc(NC(=S)NC2=C(C)N=C(N(C)c3ccc(C)cc3)C3CC23)nc1. The lowest BCUT2D eigenvalue weighted by atomic mass is 10.1. The summed E-state index contributed by atoms with van der Waals surface area (Å²) in [5.74, 6) is 2.76. The normalized spacial score (nSPS) is 19.2. The van der Waals surface area contributed by atoms with Gasteiger partial charge < -0.3 is 15.5 Å². The van der Waals surface area contributed by atoms with E-state index in [0.717, 1.165) is 49.1 Å². The molecule has 1 aliphatic heterocycles. The minimum absolute atomic E-state index is 0.433. The van der Waals surface area contributed by atoms with E-state index in [9.17, 15) is 0 Å². The van der Waals surface area contributed by atoms with Gasteiger partial charge in [0.15, 0.2) is 5.11 Å². The van der Waals surface area contributed by atoms with Crippen LogP contribution < -0.4 is 15.5 Å². The largest absolute Gasteiger partial charge is 0.334 e. The molecule has 2 heterocycles. The summed E-state index contributed by atoms with van der Waals surface area (Å²) in [6.07, 6.45) is 3.01. The van der Waals surface area contributed by atoms with Gasteiger partial charge in [-0.05, 0) is 69.3 Å². The minimum atomic E-state index is 0.433. The fourth-order valence-electron chi connectivity index (χ4n) is 4.36. The molecule has 7 heteroatoms. The zero-order valence-corrected chi connectivity index (χ0v) is 21.0. The number of amidine groups is 1. The van der Waals surface area contributed by atoms with Crippen molar-refractivity contribution in [2.75, 3.05) is 30.4 Å². The molecule has 2 aromatic rings. The lowest BCUT2D eigenvalue weighted by Gasteiger charge is -2.26. The molecule has 0 spiro atoms. The molecule has 0 amide bonds. The molecule has 2 unspecified atom stereocenters. The van der Waals surface area contributed by atoms with Crippen LogP contribution in [0.1, 0.15) is 38.3 Å². The van der Waals surface area contributed by atoms with Crippen molar-refractivity contribution in [1.82, 2.24) is 15.2 Å². The second kappa shape index (κ2) is 10.0. The molecule has 0 radical (unpaired) electrons. The number of pyridine rings is 1. The molecule has 2 aliphatic rings. The van der Waals surface area contributed by atoms with Gasteiger partial charge in [0.05, 0.1) is 5.70 Å². The molecule has 4 rings (SSSR count). The number of nitrogens with one attached hydrogen (secondary N) is 2. The Hall–Kier alpha value is -2.77. The molecule has 2 N–H and O–H groups in total. The molecule has 33 heavy (non-hydrogen) atoms. The van der Waals surface area contributed by atoms with Gasteiger partial charge in [-0.3, -0.25) is 4.90 Å². The topological polar surface area (TPSA) is 55.8 Å². The molecule has 1 saturated carbocycles. The van der Waals surface area contributed by atoms with E-state index >= 15 is 0 Å². The maximum Gasteiger partial charge on any atom is 0.176 e. The fourth-order valence-corrected chi connectivity index (χ4v) is 4.57. The molecule has 1 aliphatic carbocycles. The van der Waals surface area contributed by atoms with Gasteiger partial charge in [0.2, 0.25) is 0 Å². The molecule has 174 valence electrons. The summed E-state index contributed by atoms with van der Waals surface area (Å²) in [7, 11) is 2.10. The van der Waals surface area contributed by atoms with E-state index in [1.165, 1.54) is 16.8 Å². The Morgan fingerprint density at radius 1 is 1.03 bits per heavy atom. The second-order valence-corrected chi connectivity index (χ2v) is 9.31. The number of anilines is 2. The summed E-state index contributed by atoms with van der Waals surface area (Å²) in [6.45, 7) is 11.5. The van der Waals surface area contributed by atoms with Crippen LogP contribution in [0.25, 0.3) is 0 Å². The molecular weight excluding hydrogens is 428 g/mol. The average Bonchev–Trinajstić information content (AvgIpc) is 3.61. The zero-order chi connectivity index (χ0) is 23.5. The van der Waals surface area contributed by atoms with Crippen LogP contribution in [-0.2, 0) is 6.54 Å². The molecule has 0 bridgehead atoms. The van der Waals surface area contributed by atoms with E-state index in [0.29, 0.717) is 16.9 Å². The van der Waals surface area contributed by atoms with Crippen molar-refractivity contribution < 1.29 is 0 Å². The Morgan fingerprint density at radius 2 is 1.76 bits per heavy atom. The molecule has 1 aromatic carbocycles. The second-order valence-electron chi connectivity index (χ2n) is 8.90. The van der Waals surface area contributed by atoms with Crippen molar-refractivity contribution in [2.24, 2.45) is 16.8 Å². The highest BCUT2D eigenvalue weighted by Crippen LogP contribution is 2.49. The van der Waals surface area contributed by atoms with Crippen LogP contribution >= 0.6 is 12.2 Å². The maximum absolute atomic E-state index is 5.59. The molecule has 0 saturated heterocycles. The van der Waals surface area contributed by atoms with Crippen LogP contribution in [-0.4, -0.2) is 41.0 Å². The third-order valence-electron chi connectivity index (χ3n) is 6.54. The average molecular weight is 463 g/mol. The van der Waals surface area contributed by atoms with Crippen molar-refractivity contribution in [3.63, 3.8) is 0 Å². The smallest absolute Gasteiger partial charge is 0.176 e. The Bertz CT molecular complexity index is 1050. The predicted octanol–water partition coefficient (Wildman–Crippen LogP) is 4.93. The van der Waals surface area contributed by atoms with Crippen molar-refractivity contribution in [3.8, 4) is 0 Å². The number of aromatic nitrogens is 1. The Balaban J connectivity index is 1.39. The number of aliphatic imine (C=N–C) groups is 1. The first-order chi connectivity index (χ1) is 15.9. The van der Waals surface area contributed by atoms with Crippen LogP contribution in [0.5, 0.6) is 0 Å². The number of thiocarbonyl (C=S) groups is 1. The first-order valence-corrected chi connectivity index (χ1v) is 12.2. The maximum atomic E-state index is 5.59. The van der Waals surface area contributed by atoms with Gasteiger partial charge in [-0.25, -0.2) is 9.98 Å². The van der Waals surface area contributed by atoms with Crippen LogP contribution in [0, 0.1) is 18.8 Å². The molecule has 1 fully saturated rings. The van der Waals surface area contributed by atoms with Gasteiger partial charge in [-0.15, -0.1) is 0 Å². The summed E-state index contributed by atoms with van der Waals surface area (Å²) in [4.78, 5) is 14.1. The van der Waals surface area contributed by atoms with E-state index in [1.54, 1.807) is 0 Å². The summed E-state index contributed by atoms with van der Waals surface area (Å²) < 4.78 is 0. The van der Waals surface area contributed by atoms with E-state index in [2.05, 4.69) is 90.5 Å². The fraction of sp³-hybridized carbons (Fsp3) is 0.423. The number of hydrogen-bond acceptors (Lipinski definition) is 5. The highest BCUT2D eigenvalue weighted by Gasteiger charge is 2.48. The van der Waals surface area contributed by atoms with Gasteiger partial charge in [-0.2, -0.15) is 0 Å². The van der Waals surface area contributed by atoms with Crippen LogP contribution in [0.3, 0.4) is 0 Å². The standard InChI is InChI=1S/C26H34N6S/c1-6-32(7-2)16-19-10-13-23(27-15-19)29-26(33)30-24-18(4)28-25(22-14-21(22)24)31(5)20-11-8-17(3)9-12-20/h8-13,15,21-22H,6-7,14,16H2,1-5H3,(H2,27,29,30,33). The first-order valence-electron chi connectivity index (χ1n) is 11.7. The summed E-state index contributed by atoms with van der Waals surface area (Å²) in [6, 6.07) is 12.7. The van der Waals surface area contributed by atoms with E-state index in [4.69, 9.17) is 17.2 Å². The number of benzene rings is 1. The molecular formula is C26H34N6S. The van der Waals surface area contributed by atoms with Crippen molar-refractivity contribution in [1.29, 1.82) is 0 Å². The monoisotopic (exact) mass is 462 g/mol. The van der Waals surface area contributed by atoms with E-state index < -0.39 is 0 Å². The lowest BCUT2D eigenvalue weighted by Crippen LogP contribution is -2.35. The van der Waals surface area contributed by atoms with Crippen molar-refractivity contribution >= 4 is 34.7 Å². The zero-order valence-electron chi connectivity index (χ0n) is 20.2. The number of aryl methyl sites for hydroxylation is 1. The van der Waals surface area contributed by atoms with Gasteiger partial charge in [-0.1, -0.05) is 37.6 Å². The lowest BCUT2D eigenvalue weighted by molar-refractivity contribution is 0.295. The van der Waals surface area contributed by atoms with Gasteiger partial charge >= 0.3 is 0 Å². The minimum Gasteiger partial charge on any atom is -0.334 e. The van der Waals surface area contributed by atoms with Crippen LogP contribution in [0.4, 0.5) is 11.5 Å². The summed E-state index contributed by atoms with van der Waals surface area (Å²) in [5, 5.41) is 7.19. The van der Waals surface area contributed by atoms with Gasteiger partial charge in [0.25, 0.3) is 0 Å². The van der Waals surface area contributed by atoms with Crippen LogP contribution in [0.15, 0.2) is 59.0 Å². The predicted molar refractivity (Wildman–Crippen MR) is 142 cm³/mol. The third-order valence-corrected chi connectivity index (χ3v) is 6.75. The number of allylic oxidation sites excluding steroid dienone is 2. The highest BCUT2D eigenvalue weighted by atomic mass is 32.1. The molecule has 2 atom stereocenters. The van der Waals surface area contributed by atoms with Gasteiger partial charge in [0.1, 0.15) is 11.7 Å². The number of nitrogens with zero attached hydrogens (tertiary/aromatic N) is 4. The van der Waals surface area contributed by atoms with E-state index in [1.807, 2.05) is 12.3 Å². The summed E-state index contributed by atoms with van der Waals surface area (Å²) >= 11 is 5.59. The van der Waals surface area contributed by atoms with Crippen molar-refractivity contribution in [2.45, 2.75) is 40.7 Å². The Labute approximate surface area is 202 Å². The Kier molecular flexibility index (Phi) is 7.10. The van der Waals surface area contributed by atoms with Crippen LogP contribution in [0.2, 0.25) is 0 Å². The Morgan fingerprint density at radius 3 is 2.39 bits per heavy atom. The number of fused-ring (bicyclic) bond motifs is 1. The highest BCUT2D eigenvalue weighted by molar-refractivity contribution is 7.80. The van der Waals surface area contributed by atoms with Gasteiger partial charge in [0, 0.05) is 43.0 Å². The first kappa shape index (κ1) is 23.4. The number of hydrogen-bond donors (Lipinski definition) is 2. The van der Waals surface area contributed by atoms with Crippen molar-refractivity contribution in [3.05, 3.63) is 65.1 Å². The quantitative estimate of drug-likeness (QED) is 0.569. The third kappa shape index (κ3) is 5.42. The summed E-state index contributed by atoms with van der Waals surface area (Å²) in [5.41, 5.74) is 5.75. The molecule has 6 nitrogen and oxygen atoms in total.